The first-order chi connectivity index (χ1) is 16.0. The predicted molar refractivity (Wildman–Crippen MR) is 120 cm³/mol. The van der Waals surface area contributed by atoms with Gasteiger partial charge in [0.15, 0.2) is 0 Å². The quantitative estimate of drug-likeness (QED) is 0.432. The summed E-state index contributed by atoms with van der Waals surface area (Å²) in [6.45, 7) is 2.14. The first kappa shape index (κ1) is 21.8. The van der Waals surface area contributed by atoms with Crippen molar-refractivity contribution in [2.45, 2.75) is 13.5 Å². The molecule has 2 aromatic heterocycles. The van der Waals surface area contributed by atoms with Crippen LogP contribution < -0.4 is 15.6 Å². The normalized spacial score (nSPS) is 10.7. The number of nitrogens with zero attached hydrogens (tertiary/aromatic N) is 4. The molecule has 0 aliphatic rings. The molecule has 1 amide bonds. The number of fused-ring (bicyclic) bond motifs is 1. The first-order valence-corrected chi connectivity index (χ1v) is 10.2. The molecule has 10 heteroatoms. The number of benzene rings is 2. The minimum absolute atomic E-state index is 0.208. The summed E-state index contributed by atoms with van der Waals surface area (Å²) in [5.41, 5.74) is 1.69. The number of ether oxygens (including phenoxy) is 2. The Morgan fingerprint density at radius 1 is 1.09 bits per heavy atom. The zero-order chi connectivity index (χ0) is 23.4. The molecule has 0 aliphatic heterocycles. The smallest absolute Gasteiger partial charge is 0.339 e. The number of nitrogens with one attached hydrogen (secondary N) is 1. The zero-order valence-corrected chi connectivity index (χ0v) is 18.0. The highest BCUT2D eigenvalue weighted by Gasteiger charge is 2.16. The van der Waals surface area contributed by atoms with Crippen LogP contribution in [-0.4, -0.2) is 45.0 Å². The summed E-state index contributed by atoms with van der Waals surface area (Å²) in [6.07, 6.45) is 1.37. The van der Waals surface area contributed by atoms with Crippen molar-refractivity contribution in [3.05, 3.63) is 76.8 Å². The van der Waals surface area contributed by atoms with Gasteiger partial charge < -0.3 is 14.8 Å². The first-order valence-electron chi connectivity index (χ1n) is 10.2. The lowest BCUT2D eigenvalue weighted by atomic mass is 10.1. The summed E-state index contributed by atoms with van der Waals surface area (Å²) in [5, 5.41) is 11.1. The van der Waals surface area contributed by atoms with Crippen molar-refractivity contribution in [2.75, 3.05) is 19.0 Å². The van der Waals surface area contributed by atoms with Crippen LogP contribution in [0.15, 0.2) is 65.7 Å². The van der Waals surface area contributed by atoms with Gasteiger partial charge >= 0.3 is 5.97 Å². The molecule has 2 heterocycles. The summed E-state index contributed by atoms with van der Waals surface area (Å²) in [4.78, 5) is 37.3. The highest BCUT2D eigenvalue weighted by Crippen LogP contribution is 2.22. The summed E-state index contributed by atoms with van der Waals surface area (Å²) >= 11 is 0. The molecule has 4 aromatic rings. The Balaban J connectivity index is 1.56. The number of amides is 1. The molecule has 0 saturated heterocycles. The summed E-state index contributed by atoms with van der Waals surface area (Å²) < 4.78 is 12.6. The minimum Gasteiger partial charge on any atom is -0.494 e. The van der Waals surface area contributed by atoms with Gasteiger partial charge in [-0.2, -0.15) is 10.2 Å². The Morgan fingerprint density at radius 3 is 2.58 bits per heavy atom. The van der Waals surface area contributed by atoms with Crippen LogP contribution in [0.1, 0.15) is 17.3 Å². The van der Waals surface area contributed by atoms with Gasteiger partial charge in [-0.25, -0.2) is 14.0 Å². The zero-order valence-electron chi connectivity index (χ0n) is 18.0. The van der Waals surface area contributed by atoms with Gasteiger partial charge in [0.25, 0.3) is 5.56 Å². The van der Waals surface area contributed by atoms with Crippen LogP contribution >= 0.6 is 0 Å². The number of para-hydroxylation sites is 1. The molecule has 168 valence electrons. The highest BCUT2D eigenvalue weighted by molar-refractivity contribution is 6.01. The maximum absolute atomic E-state index is 12.9. The molecule has 10 nitrogen and oxygen atoms in total. The second kappa shape index (κ2) is 9.35. The van der Waals surface area contributed by atoms with Crippen molar-refractivity contribution in [1.82, 2.24) is 19.4 Å². The largest absolute Gasteiger partial charge is 0.494 e. The number of anilines is 1. The standard InChI is InChI=1S/C23H21N5O5/c1-3-33-16-10-8-15(9-11-16)19-12-20-22(30)27(24-14-28(20)26-19)13-21(29)25-18-7-5-4-6-17(18)23(31)32-2/h4-12,14H,3,13H2,1-2H3,(H,25,29). The number of methoxy groups -OCH3 is 1. The molecule has 1 N–H and O–H groups in total. The van der Waals surface area contributed by atoms with Crippen molar-refractivity contribution >= 4 is 23.1 Å². The molecule has 0 unspecified atom stereocenters. The molecule has 4 rings (SSSR count). The van der Waals surface area contributed by atoms with Crippen molar-refractivity contribution < 1.29 is 19.1 Å². The van der Waals surface area contributed by atoms with Gasteiger partial charge in [-0.05, 0) is 49.4 Å². The average Bonchev–Trinajstić information content (AvgIpc) is 3.27. The third-order valence-electron chi connectivity index (χ3n) is 4.85. The molecule has 0 spiro atoms. The Labute approximate surface area is 188 Å². The van der Waals surface area contributed by atoms with E-state index in [-0.39, 0.29) is 23.3 Å². The Kier molecular flexibility index (Phi) is 6.16. The molecule has 0 aliphatic carbocycles. The van der Waals surface area contributed by atoms with Crippen LogP contribution in [0.3, 0.4) is 0 Å². The fourth-order valence-electron chi connectivity index (χ4n) is 3.29. The molecule has 0 atom stereocenters. The van der Waals surface area contributed by atoms with Crippen LogP contribution in [0.4, 0.5) is 5.69 Å². The third-order valence-corrected chi connectivity index (χ3v) is 4.85. The lowest BCUT2D eigenvalue weighted by molar-refractivity contribution is -0.117. The van der Waals surface area contributed by atoms with Gasteiger partial charge in [-0.15, -0.1) is 0 Å². The predicted octanol–water partition coefficient (Wildman–Crippen LogP) is 2.38. The fraction of sp³-hybridized carbons (Fsp3) is 0.174. The van der Waals surface area contributed by atoms with Gasteiger partial charge in [0.05, 0.1) is 30.7 Å². The number of esters is 1. The molecular formula is C23H21N5O5. The van der Waals surface area contributed by atoms with Crippen LogP contribution in [0.2, 0.25) is 0 Å². The Bertz CT molecular complexity index is 1370. The van der Waals surface area contributed by atoms with Crippen molar-refractivity contribution in [3.8, 4) is 17.0 Å². The maximum Gasteiger partial charge on any atom is 0.339 e. The molecular weight excluding hydrogens is 426 g/mol. The van der Waals surface area contributed by atoms with E-state index in [4.69, 9.17) is 9.47 Å². The minimum atomic E-state index is -0.580. The van der Waals surface area contributed by atoms with E-state index in [0.29, 0.717) is 12.3 Å². The average molecular weight is 447 g/mol. The van der Waals surface area contributed by atoms with E-state index in [1.54, 1.807) is 24.3 Å². The van der Waals surface area contributed by atoms with E-state index in [2.05, 4.69) is 15.5 Å². The van der Waals surface area contributed by atoms with Gasteiger partial charge in [-0.3, -0.25) is 9.59 Å². The fourth-order valence-corrected chi connectivity index (χ4v) is 3.29. The molecule has 0 radical (unpaired) electrons. The van der Waals surface area contributed by atoms with Crippen LogP contribution in [0.25, 0.3) is 16.8 Å². The summed E-state index contributed by atoms with van der Waals surface area (Å²) in [6, 6.07) is 15.4. The van der Waals surface area contributed by atoms with Gasteiger partial charge in [0.1, 0.15) is 24.1 Å². The third kappa shape index (κ3) is 4.59. The lowest BCUT2D eigenvalue weighted by Crippen LogP contribution is -2.31. The van der Waals surface area contributed by atoms with E-state index < -0.39 is 17.4 Å². The summed E-state index contributed by atoms with van der Waals surface area (Å²) in [7, 11) is 1.26. The van der Waals surface area contributed by atoms with Crippen molar-refractivity contribution in [3.63, 3.8) is 0 Å². The van der Waals surface area contributed by atoms with E-state index in [9.17, 15) is 14.4 Å². The van der Waals surface area contributed by atoms with E-state index >= 15 is 0 Å². The van der Waals surface area contributed by atoms with Crippen molar-refractivity contribution in [1.29, 1.82) is 0 Å². The Hall–Kier alpha value is -4.47. The monoisotopic (exact) mass is 447 g/mol. The van der Waals surface area contributed by atoms with Gasteiger partial charge in [0.2, 0.25) is 5.91 Å². The van der Waals surface area contributed by atoms with Crippen molar-refractivity contribution in [2.24, 2.45) is 0 Å². The molecule has 0 bridgehead atoms. The summed E-state index contributed by atoms with van der Waals surface area (Å²) in [5.74, 6) is -0.353. The van der Waals surface area contributed by atoms with Gasteiger partial charge in [-0.1, -0.05) is 12.1 Å². The van der Waals surface area contributed by atoms with Crippen LogP contribution in [0.5, 0.6) is 5.75 Å². The molecule has 0 fully saturated rings. The maximum atomic E-state index is 12.9. The lowest BCUT2D eigenvalue weighted by Gasteiger charge is -2.10. The topological polar surface area (TPSA) is 117 Å². The van der Waals surface area contributed by atoms with E-state index in [0.717, 1.165) is 16.0 Å². The number of hydrogen-bond donors (Lipinski definition) is 1. The number of carbonyl (C=O) groups is 2. The van der Waals surface area contributed by atoms with Crippen LogP contribution in [0, 0.1) is 0 Å². The second-order valence-electron chi connectivity index (χ2n) is 7.00. The van der Waals surface area contributed by atoms with Gasteiger partial charge in [0, 0.05) is 5.56 Å². The second-order valence-corrected chi connectivity index (χ2v) is 7.00. The van der Waals surface area contributed by atoms with Crippen LogP contribution in [-0.2, 0) is 16.1 Å². The SMILES string of the molecule is CCOc1ccc(-c2cc3c(=O)n(CC(=O)Nc4ccccc4C(=O)OC)ncn3n2)cc1. The number of carbonyl (C=O) groups excluding carboxylic acids is 2. The number of hydrogen-bond acceptors (Lipinski definition) is 7. The number of aromatic nitrogens is 4. The molecule has 33 heavy (non-hydrogen) atoms. The number of rotatable bonds is 7. The Morgan fingerprint density at radius 2 is 1.85 bits per heavy atom. The van der Waals surface area contributed by atoms with E-state index in [1.807, 2.05) is 31.2 Å². The highest BCUT2D eigenvalue weighted by atomic mass is 16.5. The molecule has 2 aromatic carbocycles. The molecule has 0 saturated carbocycles. The van der Waals surface area contributed by atoms with E-state index in [1.165, 1.54) is 24.0 Å².